The molecule has 0 unspecified atom stereocenters. The summed E-state index contributed by atoms with van der Waals surface area (Å²) in [6.07, 6.45) is -1.38. The molecule has 2 aromatic rings. The Bertz CT molecular complexity index is 4070. The average molecular weight is 1750 g/mol. The minimum atomic E-state index is -1.84. The second-order valence-electron chi connectivity index (χ2n) is 32.0. The number of H-pyrrole nitrogens is 1. The lowest BCUT2D eigenvalue weighted by Gasteiger charge is -2.31. The molecule has 0 spiro atoms. The van der Waals surface area contributed by atoms with Crippen molar-refractivity contribution in [2.75, 3.05) is 32.7 Å². The molecular weight excluding hydrogens is 1630 g/mol. The molecule has 46 nitrogen and oxygen atoms in total. The van der Waals surface area contributed by atoms with Crippen molar-refractivity contribution in [1.29, 1.82) is 10.8 Å². The number of hydrogen-bond acceptors (Lipinski definition) is 23. The lowest BCUT2D eigenvalue weighted by atomic mass is 9.99. The van der Waals surface area contributed by atoms with Gasteiger partial charge in [-0.15, -0.1) is 0 Å². The third-order valence-electron chi connectivity index (χ3n) is 20.3. The lowest BCUT2D eigenvalue weighted by Crippen LogP contribution is -2.61. The van der Waals surface area contributed by atoms with Crippen molar-refractivity contribution >= 4 is 118 Å². The van der Waals surface area contributed by atoms with Crippen molar-refractivity contribution in [3.63, 3.8) is 0 Å². The molecule has 4 rings (SSSR count). The number of phenols is 1. The summed E-state index contributed by atoms with van der Waals surface area (Å²) in [6.45, 7) is 13.5. The van der Waals surface area contributed by atoms with Gasteiger partial charge < -0.3 is 132 Å². The van der Waals surface area contributed by atoms with Crippen LogP contribution in [0.4, 0.5) is 0 Å². The van der Waals surface area contributed by atoms with E-state index in [1.54, 1.807) is 41.5 Å². The first kappa shape index (κ1) is 104. The lowest BCUT2D eigenvalue weighted by molar-refractivity contribution is -0.143. The van der Waals surface area contributed by atoms with E-state index in [-0.39, 0.29) is 107 Å². The molecule has 2 saturated heterocycles. The highest BCUT2D eigenvalue weighted by Gasteiger charge is 2.44. The number of benzene rings is 1. The standard InChI is InChI=1S/C78H123N23O23/c1-38(2)32-51(69(116)99-62(41(7)8)76(123)124)94-68(115)52(33-43-18-20-45(102)21-19-43)95-65(112)47(15-11-29-86-78(82)83)90-56(103)36-87-64(111)48(22-25-57(104)105)93-73(120)61(40(5)6)98-71(118)55-17-13-31-101(55)75(122)53(34-44-35-84-37-88-44)96-67(114)49(23-26-58(106)107)91-66(113)50(24-27-59(108)109)92-70(117)54-16-12-30-100(54)74(121)42(9)89-72(119)60(39(3)4)97-63(110)46(79)14-10-28-85-77(80)81/h18-21,35,37-42,46-55,60-62,102H,10-17,22-34,36,79H2,1-9H3,(H,84,88)(H,87,111)(H,89,119)(H,90,103)(H,91,113)(H,92,117)(H,93,120)(H,94,115)(H,95,112)(H,96,114)(H,97,110)(H,98,118)(H,99,116)(H,104,105)(H,106,107)(H,108,109)(H,123,124)(H4,80,81,85)(H4,82,83,86)/t42-,46-,47-,48-,49-,50-,51-,52-,53-,54-,55-,60-,61-,62-/m0/s1. The van der Waals surface area contributed by atoms with E-state index >= 15 is 0 Å². The quantitative estimate of drug-likeness (QED) is 0.0167. The summed E-state index contributed by atoms with van der Waals surface area (Å²) >= 11 is 0. The number of nitrogens with two attached hydrogens (primary N) is 3. The van der Waals surface area contributed by atoms with Gasteiger partial charge in [0.2, 0.25) is 82.7 Å². The molecule has 28 N–H and O–H groups in total. The van der Waals surface area contributed by atoms with Crippen LogP contribution in [0.25, 0.3) is 0 Å². The van der Waals surface area contributed by atoms with Crippen LogP contribution in [-0.4, -0.2) is 281 Å². The molecule has 2 aliphatic heterocycles. The zero-order chi connectivity index (χ0) is 92.9. The Morgan fingerprint density at radius 3 is 1.39 bits per heavy atom. The maximum Gasteiger partial charge on any atom is 0.326 e. The Hall–Kier alpha value is -12.8. The number of carboxylic acid groups (broad SMARTS) is 4. The van der Waals surface area contributed by atoms with Gasteiger partial charge in [0, 0.05) is 64.5 Å². The fraction of sp³-hybridized carbons (Fsp3) is 0.628. The predicted molar refractivity (Wildman–Crippen MR) is 442 cm³/mol. The Balaban J connectivity index is 1.54. The van der Waals surface area contributed by atoms with Gasteiger partial charge in [0.15, 0.2) is 11.9 Å². The molecule has 124 heavy (non-hydrogen) atoms. The van der Waals surface area contributed by atoms with Gasteiger partial charge in [-0.25, -0.2) is 9.78 Å². The number of hydrogen-bond donors (Lipinski definition) is 25. The zero-order valence-corrected chi connectivity index (χ0v) is 71.1. The van der Waals surface area contributed by atoms with E-state index in [0.717, 1.165) is 9.80 Å². The highest BCUT2D eigenvalue weighted by molar-refractivity contribution is 6.01. The van der Waals surface area contributed by atoms with E-state index < -0.39 is 266 Å². The molecule has 14 amide bonds. The molecule has 1 aromatic carbocycles. The van der Waals surface area contributed by atoms with E-state index in [0.29, 0.717) is 12.0 Å². The molecule has 46 heteroatoms. The molecule has 1 aromatic heterocycles. The number of nitrogens with one attached hydrogen (secondary N) is 17. The largest absolute Gasteiger partial charge is 0.508 e. The third kappa shape index (κ3) is 35.3. The van der Waals surface area contributed by atoms with E-state index in [9.17, 15) is 112 Å². The molecule has 0 radical (unpaired) electrons. The molecule has 14 atom stereocenters. The summed E-state index contributed by atoms with van der Waals surface area (Å²) in [6, 6.07) is -14.9. The van der Waals surface area contributed by atoms with Gasteiger partial charge in [-0.1, -0.05) is 67.5 Å². The van der Waals surface area contributed by atoms with Crippen LogP contribution in [-0.2, 0) is 99.1 Å². The van der Waals surface area contributed by atoms with Crippen LogP contribution in [0.5, 0.6) is 5.75 Å². The average Bonchev–Trinajstić information content (AvgIpc) is 1.64. The van der Waals surface area contributed by atoms with Crippen LogP contribution in [0.15, 0.2) is 36.8 Å². The monoisotopic (exact) mass is 1750 g/mol. The number of aromatic nitrogens is 2. The van der Waals surface area contributed by atoms with Gasteiger partial charge in [0.25, 0.3) is 0 Å². The fourth-order valence-electron chi connectivity index (χ4n) is 13.6. The van der Waals surface area contributed by atoms with Gasteiger partial charge in [0.1, 0.15) is 84.3 Å². The van der Waals surface area contributed by atoms with Crippen molar-refractivity contribution in [1.82, 2.24) is 94.2 Å². The summed E-state index contributed by atoms with van der Waals surface area (Å²) in [4.78, 5) is 256. The maximum atomic E-state index is 15.0. The van der Waals surface area contributed by atoms with Crippen LogP contribution in [0, 0.1) is 34.5 Å². The predicted octanol–water partition coefficient (Wildman–Crippen LogP) is -5.10. The van der Waals surface area contributed by atoms with E-state index in [1.807, 2.05) is 0 Å². The second kappa shape index (κ2) is 51.2. The number of amides is 14. The number of aromatic hydroxyl groups is 1. The number of aliphatic carboxylic acids is 4. The first-order valence-corrected chi connectivity index (χ1v) is 41.1. The highest BCUT2D eigenvalue weighted by atomic mass is 16.4. The summed E-state index contributed by atoms with van der Waals surface area (Å²) in [5, 5.41) is 99.3. The number of likely N-dealkylation sites (tertiary alicyclic amines) is 2. The highest BCUT2D eigenvalue weighted by Crippen LogP contribution is 2.24. The number of carbonyl (C=O) groups excluding carboxylic acids is 14. The number of carbonyl (C=O) groups is 18. The second-order valence-corrected chi connectivity index (χ2v) is 32.0. The van der Waals surface area contributed by atoms with Gasteiger partial charge in [0.05, 0.1) is 24.6 Å². The molecule has 688 valence electrons. The van der Waals surface area contributed by atoms with E-state index in [1.165, 1.54) is 57.6 Å². The number of guanidine groups is 2. The van der Waals surface area contributed by atoms with Crippen molar-refractivity contribution in [2.24, 2.45) is 40.9 Å². The third-order valence-corrected chi connectivity index (χ3v) is 20.3. The fourth-order valence-corrected chi connectivity index (χ4v) is 13.6. The number of aromatic amines is 1. The van der Waals surface area contributed by atoms with Crippen molar-refractivity contribution in [3.8, 4) is 5.75 Å². The van der Waals surface area contributed by atoms with Crippen LogP contribution in [0.3, 0.4) is 0 Å². The number of imidazole rings is 1. The van der Waals surface area contributed by atoms with E-state index in [2.05, 4.69) is 84.4 Å². The first-order valence-electron chi connectivity index (χ1n) is 41.1. The van der Waals surface area contributed by atoms with Gasteiger partial charge >= 0.3 is 23.9 Å². The summed E-state index contributed by atoms with van der Waals surface area (Å²) in [5.74, 6) is -21.8. The molecule has 3 heterocycles. The molecule has 0 saturated carbocycles. The molecule has 0 bridgehead atoms. The van der Waals surface area contributed by atoms with Crippen LogP contribution in [0.2, 0.25) is 0 Å². The Morgan fingerprint density at radius 2 is 0.895 bits per heavy atom. The Labute approximate surface area is 716 Å². The number of phenolic OH excluding ortho intramolecular Hbond substituents is 1. The van der Waals surface area contributed by atoms with Crippen molar-refractivity contribution in [2.45, 2.75) is 256 Å². The number of rotatable bonds is 53. The summed E-state index contributed by atoms with van der Waals surface area (Å²) < 4.78 is 0. The SMILES string of the molecule is CC(C)C[C@H](NC(=O)[C@H](Cc1ccc(O)cc1)NC(=O)[C@H](CCCNC(=N)N)NC(=O)CNC(=O)[C@H](CCC(=O)O)NC(=O)[C@@H](NC(=O)[C@@H]1CCCN1C(=O)[C@H](Cc1c[nH]cn1)NC(=O)[C@H](CCC(=O)O)NC(=O)[C@H](CCC(=O)O)NC(=O)[C@@H]1CCCN1C(=O)[C@H](C)NC(=O)[C@@H](NC(=O)[C@@H](N)CCCNC(=N)N)C(C)C)C(C)C)C(=O)N[C@H](C(=O)O)C(C)C. The number of nitrogens with zero attached hydrogens (tertiary/aromatic N) is 3. The van der Waals surface area contributed by atoms with E-state index in [4.69, 9.17) is 28.0 Å². The zero-order valence-electron chi connectivity index (χ0n) is 71.1. The Morgan fingerprint density at radius 1 is 0.468 bits per heavy atom. The Kier molecular flexibility index (Phi) is 42.7. The minimum Gasteiger partial charge on any atom is -0.508 e. The number of carboxylic acids is 4. The summed E-state index contributed by atoms with van der Waals surface area (Å²) in [7, 11) is 0. The van der Waals surface area contributed by atoms with Crippen LogP contribution >= 0.6 is 0 Å². The summed E-state index contributed by atoms with van der Waals surface area (Å²) in [5.41, 5.74) is 17.4. The smallest absolute Gasteiger partial charge is 0.326 e. The maximum absolute atomic E-state index is 15.0. The van der Waals surface area contributed by atoms with Gasteiger partial charge in [-0.2, -0.15) is 0 Å². The molecule has 0 aliphatic carbocycles. The molecule has 2 fully saturated rings. The first-order chi connectivity index (χ1) is 58.3. The van der Waals surface area contributed by atoms with Crippen LogP contribution < -0.4 is 91.6 Å². The molecule has 2 aliphatic rings. The van der Waals surface area contributed by atoms with Crippen LogP contribution in [0.1, 0.15) is 170 Å². The van der Waals surface area contributed by atoms with Crippen molar-refractivity contribution < 1.29 is 112 Å². The van der Waals surface area contributed by atoms with Gasteiger partial charge in [-0.05, 0) is 125 Å². The molecular formula is C78H123N23O23. The van der Waals surface area contributed by atoms with Gasteiger partial charge in [-0.3, -0.25) is 92.3 Å². The minimum absolute atomic E-state index is 0.00489. The topological polar surface area (TPSA) is 738 Å². The normalized spacial score (nSPS) is 16.6. The van der Waals surface area contributed by atoms with Crippen molar-refractivity contribution in [3.05, 3.63) is 48.0 Å².